The zero-order valence-corrected chi connectivity index (χ0v) is 38.2. The molecule has 0 amide bonds. The van der Waals surface area contributed by atoms with Crippen molar-refractivity contribution in [1.82, 2.24) is 9.55 Å². The van der Waals surface area contributed by atoms with E-state index in [2.05, 4.69) is 143 Å². The van der Waals surface area contributed by atoms with Crippen LogP contribution >= 0.6 is 7.14 Å². The van der Waals surface area contributed by atoms with Crippen molar-refractivity contribution in [1.29, 1.82) is 0 Å². The molecule has 2 aromatic heterocycles. The van der Waals surface area contributed by atoms with Gasteiger partial charge < -0.3 is 13.9 Å². The first-order chi connectivity index (χ1) is 29.4. The van der Waals surface area contributed by atoms with Crippen molar-refractivity contribution in [3.05, 3.63) is 222 Å². The van der Waals surface area contributed by atoms with E-state index in [1.165, 1.54) is 27.8 Å². The van der Waals surface area contributed by atoms with Crippen molar-refractivity contribution in [2.75, 3.05) is 0 Å². The minimum atomic E-state index is -3.26. The minimum absolute atomic E-state index is 0. The van der Waals surface area contributed by atoms with Gasteiger partial charge in [0.15, 0.2) is 0 Å². The molecule has 9 aromatic rings. The Bertz CT molecular complexity index is 3040. The third-order valence-corrected chi connectivity index (χ3v) is 15.4. The summed E-state index contributed by atoms with van der Waals surface area (Å²) in [5.74, 6) is 1.85. The summed E-state index contributed by atoms with van der Waals surface area (Å²) in [6.45, 7) is 13.6. The third kappa shape index (κ3) is 6.62. The zero-order valence-electron chi connectivity index (χ0n) is 35.7. The van der Waals surface area contributed by atoms with E-state index in [1.54, 1.807) is 0 Å². The van der Waals surface area contributed by atoms with Crippen LogP contribution in [0.1, 0.15) is 74.9 Å². The molecule has 0 aliphatic carbocycles. The van der Waals surface area contributed by atoms with Crippen LogP contribution in [0.15, 0.2) is 176 Å². The maximum absolute atomic E-state index is 15.2. The van der Waals surface area contributed by atoms with Gasteiger partial charge in [0, 0.05) is 39.4 Å². The molecule has 0 unspecified atom stereocenters. The molecule has 0 atom stereocenters. The molecule has 0 saturated heterocycles. The summed E-state index contributed by atoms with van der Waals surface area (Å²) in [5.41, 5.74) is 8.55. The van der Waals surface area contributed by atoms with Crippen LogP contribution in [0.4, 0.5) is 0 Å². The number of ether oxygens (including phenoxy) is 1. The van der Waals surface area contributed by atoms with Crippen LogP contribution in [0.2, 0.25) is 0 Å². The van der Waals surface area contributed by atoms with Crippen molar-refractivity contribution in [3.8, 4) is 17.3 Å². The van der Waals surface area contributed by atoms with Gasteiger partial charge in [0.2, 0.25) is 0 Å². The van der Waals surface area contributed by atoms with Gasteiger partial charge in [-0.25, -0.2) is 4.98 Å². The molecule has 7 aromatic carbocycles. The van der Waals surface area contributed by atoms with Crippen LogP contribution in [-0.4, -0.2) is 9.55 Å². The molecule has 62 heavy (non-hydrogen) atoms. The number of pyridine rings is 1. The molecule has 1 aliphatic rings. The van der Waals surface area contributed by atoms with E-state index in [0.29, 0.717) is 16.8 Å². The zero-order chi connectivity index (χ0) is 42.1. The number of para-hydroxylation sites is 1. The number of hydrogen-bond donors (Lipinski definition) is 0. The Morgan fingerprint density at radius 2 is 1.10 bits per heavy atom. The molecule has 0 saturated carbocycles. The summed E-state index contributed by atoms with van der Waals surface area (Å²) in [6, 6.07) is 65.6. The van der Waals surface area contributed by atoms with E-state index in [4.69, 9.17) is 9.72 Å². The predicted molar refractivity (Wildman–Crippen MR) is 251 cm³/mol. The molecule has 10 rings (SSSR count). The van der Waals surface area contributed by atoms with E-state index < -0.39 is 12.6 Å². The van der Waals surface area contributed by atoms with Crippen LogP contribution in [0.5, 0.6) is 11.5 Å². The first-order valence-electron chi connectivity index (χ1n) is 21.0. The van der Waals surface area contributed by atoms with Gasteiger partial charge in [-0.15, -0.1) is 29.7 Å². The van der Waals surface area contributed by atoms with E-state index in [1.807, 2.05) is 91.1 Å². The van der Waals surface area contributed by atoms with Gasteiger partial charge in [0.25, 0.3) is 0 Å². The molecule has 0 spiro atoms. The number of rotatable bonds is 7. The quantitative estimate of drug-likeness (QED) is 0.0909. The number of hydrogen-bond acceptors (Lipinski definition) is 3. The first-order valence-corrected chi connectivity index (χ1v) is 22.7. The van der Waals surface area contributed by atoms with Crippen molar-refractivity contribution >= 4 is 44.9 Å². The largest absolute Gasteiger partial charge is 2.00 e. The Morgan fingerprint density at radius 1 is 0.548 bits per heavy atom. The van der Waals surface area contributed by atoms with E-state index in [-0.39, 0.29) is 31.3 Å². The van der Waals surface area contributed by atoms with E-state index in [0.717, 1.165) is 43.8 Å². The summed E-state index contributed by atoms with van der Waals surface area (Å²) < 4.78 is 24.1. The fourth-order valence-electron chi connectivity index (χ4n) is 9.29. The monoisotopic (exact) mass is 916 g/mol. The molecular weight excluding hydrogens is 870 g/mol. The van der Waals surface area contributed by atoms with Crippen molar-refractivity contribution in [2.24, 2.45) is 0 Å². The summed E-state index contributed by atoms with van der Waals surface area (Å²) >= 11 is 0. The molecule has 1 aliphatic heterocycles. The standard InChI is InChI=1S/C56H47N2O2P.Pd/c1-54(2,3)38-25-29-40(30-26-38)56(41-31-27-39(28-32-41)55(4,5)6)49-23-14-22-48-47-34-33-43(37-51(47)58(52(48)49)53-50(56)24-15-35-57-53)60-42-16-13-21-46(36-42)61(59,44-17-9-7-10-18-44)45-19-11-8-12-20-45;/h7-35H,1-6H3;/q-2;+2. The van der Waals surface area contributed by atoms with Crippen LogP contribution in [0, 0.1) is 12.1 Å². The molecule has 308 valence electrons. The summed E-state index contributed by atoms with van der Waals surface area (Å²) in [7, 11) is -3.26. The minimum Gasteiger partial charge on any atom is -0.509 e. The van der Waals surface area contributed by atoms with Crippen LogP contribution < -0.4 is 20.7 Å². The summed E-state index contributed by atoms with van der Waals surface area (Å²) in [5, 5.41) is 4.24. The van der Waals surface area contributed by atoms with Crippen molar-refractivity contribution in [2.45, 2.75) is 57.8 Å². The maximum atomic E-state index is 15.2. The molecular formula is C56H47N2O2PPd. The Kier molecular flexibility index (Phi) is 10.4. The SMILES string of the molecule is CC(C)(C)c1ccc(C2(c3ccc(C(C)(C)C)cc3)c3cccnc3-n3c4[c-]c(Oc5[c-]c(P(=O)(c6ccccc6)c6ccccc6)ccc5)ccc4c4cccc2c43)cc1.[Pd+2]. The Balaban J connectivity index is 0.00000490. The average molecular weight is 917 g/mol. The second kappa shape index (κ2) is 15.5. The summed E-state index contributed by atoms with van der Waals surface area (Å²) in [6.07, 6.45) is 1.89. The molecule has 4 nitrogen and oxygen atoms in total. The topological polar surface area (TPSA) is 44.1 Å². The van der Waals surface area contributed by atoms with Gasteiger partial charge in [-0.05, 0) is 50.1 Å². The fourth-order valence-corrected chi connectivity index (χ4v) is 11.9. The van der Waals surface area contributed by atoms with Crippen LogP contribution in [-0.2, 0) is 41.2 Å². The Labute approximate surface area is 378 Å². The van der Waals surface area contributed by atoms with Gasteiger partial charge in [0.05, 0.1) is 5.41 Å². The molecule has 0 N–H and O–H groups in total. The number of benzene rings is 7. The molecule has 0 radical (unpaired) electrons. The van der Waals surface area contributed by atoms with E-state index in [9.17, 15) is 0 Å². The predicted octanol–water partition coefficient (Wildman–Crippen LogP) is 12.5. The van der Waals surface area contributed by atoms with Gasteiger partial charge in [-0.3, -0.25) is 0 Å². The van der Waals surface area contributed by atoms with Crippen LogP contribution in [0.3, 0.4) is 0 Å². The van der Waals surface area contributed by atoms with E-state index >= 15 is 4.57 Å². The van der Waals surface area contributed by atoms with Crippen molar-refractivity contribution < 1.29 is 29.7 Å². The van der Waals surface area contributed by atoms with Gasteiger partial charge >= 0.3 is 20.4 Å². The van der Waals surface area contributed by atoms with Gasteiger partial charge in [-0.1, -0.05) is 186 Å². The number of aromatic nitrogens is 2. The second-order valence-electron chi connectivity index (χ2n) is 18.2. The van der Waals surface area contributed by atoms with Crippen molar-refractivity contribution in [3.63, 3.8) is 0 Å². The van der Waals surface area contributed by atoms with Crippen LogP contribution in [0.25, 0.3) is 27.6 Å². The second-order valence-corrected chi connectivity index (χ2v) is 20.9. The molecule has 3 heterocycles. The fraction of sp³-hybridized carbons (Fsp3) is 0.161. The smallest absolute Gasteiger partial charge is 0.509 e. The maximum Gasteiger partial charge on any atom is 2.00 e. The summed E-state index contributed by atoms with van der Waals surface area (Å²) in [4.78, 5) is 5.20. The average Bonchev–Trinajstić information content (AvgIpc) is 3.61. The molecule has 0 bridgehead atoms. The Morgan fingerprint density at radius 3 is 1.68 bits per heavy atom. The first kappa shape index (κ1) is 41.5. The normalized spacial score (nSPS) is 13.4. The van der Waals surface area contributed by atoms with Gasteiger partial charge in [-0.2, -0.15) is 18.2 Å². The number of nitrogens with zero attached hydrogens (tertiary/aromatic N) is 2. The Hall–Kier alpha value is -5.82. The molecule has 6 heteroatoms. The van der Waals surface area contributed by atoms with Gasteiger partial charge in [0.1, 0.15) is 13.0 Å². The third-order valence-electron chi connectivity index (χ3n) is 12.4. The molecule has 0 fully saturated rings. The number of fused-ring (bicyclic) bond motifs is 5.